The van der Waals surface area contributed by atoms with Gasteiger partial charge in [0.25, 0.3) is 0 Å². The second kappa shape index (κ2) is 7.52. The van der Waals surface area contributed by atoms with E-state index in [-0.39, 0.29) is 23.5 Å². The van der Waals surface area contributed by atoms with E-state index in [1.807, 2.05) is 13.8 Å². The van der Waals surface area contributed by atoms with E-state index in [1.54, 1.807) is 0 Å². The van der Waals surface area contributed by atoms with Crippen LogP contribution in [0.1, 0.15) is 71.6 Å². The third-order valence-corrected chi connectivity index (χ3v) is 5.95. The molecule has 3 fully saturated rings. The fourth-order valence-corrected chi connectivity index (χ4v) is 4.66. The molecule has 132 valence electrons. The summed E-state index contributed by atoms with van der Waals surface area (Å²) >= 11 is 0. The predicted molar refractivity (Wildman–Crippen MR) is 92.4 cm³/mol. The molecule has 1 spiro atoms. The van der Waals surface area contributed by atoms with Crippen molar-refractivity contribution in [3.8, 4) is 0 Å². The molecule has 1 unspecified atom stereocenters. The number of piperidine rings is 1. The number of rotatable bonds is 4. The molecular weight excluding hydrogens is 288 g/mol. The molecule has 1 saturated carbocycles. The van der Waals surface area contributed by atoms with Crippen LogP contribution < -0.4 is 5.32 Å². The van der Waals surface area contributed by atoms with Crippen LogP contribution in [-0.4, -0.2) is 48.2 Å². The molecule has 0 bridgehead atoms. The normalized spacial score (nSPS) is 29.3. The summed E-state index contributed by atoms with van der Waals surface area (Å²) in [5.74, 6) is 0.459. The molecular formula is C19H34N2O2. The lowest BCUT2D eigenvalue weighted by Gasteiger charge is -2.36. The lowest BCUT2D eigenvalue weighted by atomic mass is 9.83. The summed E-state index contributed by atoms with van der Waals surface area (Å²) in [6, 6.07) is 0.249. The van der Waals surface area contributed by atoms with Gasteiger partial charge < -0.3 is 15.0 Å². The maximum absolute atomic E-state index is 12.1. The monoisotopic (exact) mass is 322 g/mol. The van der Waals surface area contributed by atoms with Crippen LogP contribution >= 0.6 is 0 Å². The summed E-state index contributed by atoms with van der Waals surface area (Å²) in [5, 5.41) is 3.06. The molecule has 2 saturated heterocycles. The van der Waals surface area contributed by atoms with Crippen LogP contribution in [0.25, 0.3) is 0 Å². The van der Waals surface area contributed by atoms with Gasteiger partial charge in [0, 0.05) is 18.5 Å². The van der Waals surface area contributed by atoms with E-state index in [9.17, 15) is 4.79 Å². The van der Waals surface area contributed by atoms with Gasteiger partial charge in [-0.15, -0.1) is 0 Å². The van der Waals surface area contributed by atoms with E-state index in [4.69, 9.17) is 4.74 Å². The molecule has 1 aliphatic carbocycles. The number of hydrogen-bond acceptors (Lipinski definition) is 3. The first-order chi connectivity index (χ1) is 11.1. The molecule has 3 aliphatic rings. The Kier molecular flexibility index (Phi) is 5.63. The number of ether oxygens (including phenoxy) is 1. The number of hydrogen-bond donors (Lipinski definition) is 1. The zero-order valence-corrected chi connectivity index (χ0v) is 15.0. The Hall–Kier alpha value is -0.610. The molecule has 0 aromatic carbocycles. The van der Waals surface area contributed by atoms with Crippen LogP contribution in [0.3, 0.4) is 0 Å². The molecule has 1 amide bonds. The summed E-state index contributed by atoms with van der Waals surface area (Å²) < 4.78 is 6.50. The second-order valence-corrected chi connectivity index (χ2v) is 8.26. The van der Waals surface area contributed by atoms with Gasteiger partial charge in [-0.05, 0) is 65.5 Å². The highest BCUT2D eigenvalue weighted by atomic mass is 16.5. The summed E-state index contributed by atoms with van der Waals surface area (Å²) in [4.78, 5) is 14.6. The molecule has 0 radical (unpaired) electrons. The van der Waals surface area contributed by atoms with Crippen LogP contribution in [0, 0.1) is 5.92 Å². The van der Waals surface area contributed by atoms with Gasteiger partial charge in [-0.25, -0.2) is 0 Å². The topological polar surface area (TPSA) is 41.6 Å². The van der Waals surface area contributed by atoms with Gasteiger partial charge in [-0.1, -0.05) is 19.3 Å². The van der Waals surface area contributed by atoms with E-state index in [2.05, 4.69) is 10.2 Å². The largest absolute Gasteiger partial charge is 0.370 e. The molecule has 1 N–H and O–H groups in total. The van der Waals surface area contributed by atoms with Crippen molar-refractivity contribution in [2.45, 2.75) is 89.4 Å². The van der Waals surface area contributed by atoms with Crippen LogP contribution in [0.5, 0.6) is 0 Å². The van der Waals surface area contributed by atoms with E-state index >= 15 is 0 Å². The van der Waals surface area contributed by atoms with Crippen LogP contribution in [0.15, 0.2) is 0 Å². The van der Waals surface area contributed by atoms with Crippen LogP contribution in [0.4, 0.5) is 0 Å². The molecule has 4 nitrogen and oxygen atoms in total. The average molecular weight is 322 g/mol. The number of likely N-dealkylation sites (tertiary alicyclic amines) is 1. The number of nitrogens with zero attached hydrogens (tertiary/aromatic N) is 1. The second-order valence-electron chi connectivity index (χ2n) is 8.26. The van der Waals surface area contributed by atoms with Crippen LogP contribution in [0.2, 0.25) is 0 Å². The highest BCUT2D eigenvalue weighted by molar-refractivity contribution is 5.78. The van der Waals surface area contributed by atoms with Gasteiger partial charge in [0.2, 0.25) is 5.91 Å². The van der Waals surface area contributed by atoms with Gasteiger partial charge in [0.1, 0.15) is 0 Å². The third-order valence-electron chi connectivity index (χ3n) is 5.95. The predicted octanol–water partition coefficient (Wildman–Crippen LogP) is 3.10. The maximum Gasteiger partial charge on any atom is 0.223 e. The Balaban J connectivity index is 1.40. The smallest absolute Gasteiger partial charge is 0.223 e. The molecule has 0 aromatic rings. The highest BCUT2D eigenvalue weighted by Gasteiger charge is 2.41. The standard InChI is InChI=1S/C19H34N2O2/c1-15(2)20-18(22)16-7-12-21(13-8-16)14-17-6-11-19(23-17)9-4-3-5-10-19/h15-17H,3-14H2,1-2H3,(H,20,22). The maximum atomic E-state index is 12.1. The van der Waals surface area contributed by atoms with E-state index < -0.39 is 0 Å². The summed E-state index contributed by atoms with van der Waals surface area (Å²) in [6.07, 6.45) is 11.6. The summed E-state index contributed by atoms with van der Waals surface area (Å²) in [7, 11) is 0. The SMILES string of the molecule is CC(C)NC(=O)C1CCN(CC2CCC3(CCCCC3)O2)CC1. The Bertz CT molecular complexity index is 396. The first-order valence-electron chi connectivity index (χ1n) is 9.77. The third kappa shape index (κ3) is 4.48. The van der Waals surface area contributed by atoms with Crippen molar-refractivity contribution in [3.05, 3.63) is 0 Å². The van der Waals surface area contributed by atoms with E-state index in [0.29, 0.717) is 6.10 Å². The van der Waals surface area contributed by atoms with E-state index in [1.165, 1.54) is 44.9 Å². The summed E-state index contributed by atoms with van der Waals surface area (Å²) in [6.45, 7) is 7.23. The molecule has 1 atom stereocenters. The average Bonchev–Trinajstić information content (AvgIpc) is 2.90. The molecule has 2 aliphatic heterocycles. The lowest BCUT2D eigenvalue weighted by molar-refractivity contribution is -0.127. The molecule has 0 aromatic heterocycles. The minimum atomic E-state index is 0.211. The Morgan fingerprint density at radius 1 is 1.13 bits per heavy atom. The van der Waals surface area contributed by atoms with Crippen molar-refractivity contribution in [3.63, 3.8) is 0 Å². The van der Waals surface area contributed by atoms with Gasteiger partial charge >= 0.3 is 0 Å². The fraction of sp³-hybridized carbons (Fsp3) is 0.947. The molecule has 4 heteroatoms. The zero-order valence-electron chi connectivity index (χ0n) is 15.0. The number of carbonyl (C=O) groups excluding carboxylic acids is 1. The fourth-order valence-electron chi connectivity index (χ4n) is 4.66. The van der Waals surface area contributed by atoms with Crippen molar-refractivity contribution >= 4 is 5.91 Å². The van der Waals surface area contributed by atoms with Crippen molar-refractivity contribution in [2.24, 2.45) is 5.92 Å². The van der Waals surface area contributed by atoms with Gasteiger partial charge in [0.15, 0.2) is 0 Å². The minimum Gasteiger partial charge on any atom is -0.370 e. The highest BCUT2D eigenvalue weighted by Crippen LogP contribution is 2.42. The Labute approximate surface area is 141 Å². The quantitative estimate of drug-likeness (QED) is 0.865. The number of carbonyl (C=O) groups is 1. The van der Waals surface area contributed by atoms with E-state index in [0.717, 1.165) is 32.5 Å². The molecule has 3 rings (SSSR count). The van der Waals surface area contributed by atoms with Crippen LogP contribution in [-0.2, 0) is 9.53 Å². The molecule has 23 heavy (non-hydrogen) atoms. The van der Waals surface area contributed by atoms with Gasteiger partial charge in [-0.2, -0.15) is 0 Å². The number of amides is 1. The van der Waals surface area contributed by atoms with Gasteiger partial charge in [-0.3, -0.25) is 4.79 Å². The first kappa shape index (κ1) is 17.2. The van der Waals surface area contributed by atoms with Crippen molar-refractivity contribution in [1.29, 1.82) is 0 Å². The first-order valence-corrected chi connectivity index (χ1v) is 9.77. The minimum absolute atomic E-state index is 0.211. The Morgan fingerprint density at radius 2 is 1.83 bits per heavy atom. The van der Waals surface area contributed by atoms with Crippen molar-refractivity contribution < 1.29 is 9.53 Å². The summed E-state index contributed by atoms with van der Waals surface area (Å²) in [5.41, 5.74) is 0.235. The van der Waals surface area contributed by atoms with Crippen molar-refractivity contribution in [1.82, 2.24) is 10.2 Å². The number of nitrogens with one attached hydrogen (secondary N) is 1. The zero-order chi connectivity index (χ0) is 16.3. The lowest BCUT2D eigenvalue weighted by Crippen LogP contribution is -2.44. The van der Waals surface area contributed by atoms with Crippen molar-refractivity contribution in [2.75, 3.05) is 19.6 Å². The Morgan fingerprint density at radius 3 is 2.48 bits per heavy atom. The molecule has 2 heterocycles. The van der Waals surface area contributed by atoms with Gasteiger partial charge in [0.05, 0.1) is 11.7 Å².